The van der Waals surface area contributed by atoms with Crippen LogP contribution in [0, 0.1) is 5.82 Å². The van der Waals surface area contributed by atoms with E-state index in [-0.39, 0.29) is 28.4 Å². The molecule has 2 heterocycles. The maximum Gasteiger partial charge on any atom is 0.274 e. The number of anilines is 2. The number of hydrogen-bond acceptors (Lipinski definition) is 4. The Labute approximate surface area is 188 Å². The third-order valence-corrected chi connectivity index (χ3v) is 8.11. The number of hydrogen-bond donors (Lipinski definition) is 0. The van der Waals surface area contributed by atoms with E-state index in [1.165, 1.54) is 41.3 Å². The Morgan fingerprint density at radius 2 is 1.69 bits per heavy atom. The summed E-state index contributed by atoms with van der Waals surface area (Å²) in [5.74, 6) is -2.90. The van der Waals surface area contributed by atoms with Gasteiger partial charge in [-0.15, -0.1) is 0 Å². The van der Waals surface area contributed by atoms with Crippen molar-refractivity contribution < 1.29 is 22.4 Å². The van der Waals surface area contributed by atoms with Crippen molar-refractivity contribution in [3.8, 4) is 0 Å². The van der Waals surface area contributed by atoms with Crippen LogP contribution in [0.25, 0.3) is 0 Å². The molecule has 2 aliphatic rings. The molecule has 9 heteroatoms. The average molecular weight is 471 g/mol. The summed E-state index contributed by atoms with van der Waals surface area (Å²) in [6.45, 7) is -0.183. The zero-order valence-corrected chi connectivity index (χ0v) is 18.1. The van der Waals surface area contributed by atoms with E-state index in [1.54, 1.807) is 36.4 Å². The molecule has 0 aliphatic carbocycles. The number of nitrogens with zero attached hydrogens (tertiary/aromatic N) is 2. The second-order valence-electron chi connectivity index (χ2n) is 7.61. The fourth-order valence-electron chi connectivity index (χ4n) is 4.46. The molecule has 5 rings (SSSR count). The van der Waals surface area contributed by atoms with E-state index < -0.39 is 38.1 Å². The van der Waals surface area contributed by atoms with Crippen LogP contribution in [0.1, 0.15) is 11.1 Å². The number of halogens is 2. The Balaban J connectivity index is 1.76. The molecule has 0 N–H and O–H groups in total. The minimum absolute atomic E-state index is 0.159. The van der Waals surface area contributed by atoms with E-state index in [1.807, 2.05) is 0 Å². The van der Waals surface area contributed by atoms with Gasteiger partial charge in [0.2, 0.25) is 5.91 Å². The third-order valence-electron chi connectivity index (χ3n) is 5.78. The number of carbonyl (C=O) groups is 2. The molecule has 3 aromatic carbocycles. The smallest absolute Gasteiger partial charge is 0.274 e. The van der Waals surface area contributed by atoms with Crippen molar-refractivity contribution >= 4 is 44.6 Å². The molecule has 32 heavy (non-hydrogen) atoms. The van der Waals surface area contributed by atoms with Crippen LogP contribution in [-0.4, -0.2) is 26.0 Å². The van der Waals surface area contributed by atoms with Crippen molar-refractivity contribution in [3.05, 3.63) is 94.8 Å². The monoisotopic (exact) mass is 470 g/mol. The second-order valence-corrected chi connectivity index (χ2v) is 10.2. The predicted octanol–water partition coefficient (Wildman–Crippen LogP) is 3.64. The maximum absolute atomic E-state index is 14.4. The van der Waals surface area contributed by atoms with Gasteiger partial charge in [-0.05, 0) is 30.3 Å². The normalized spacial score (nSPS) is 21.4. The first-order chi connectivity index (χ1) is 15.3. The number of rotatable bonds is 3. The van der Waals surface area contributed by atoms with E-state index in [0.717, 1.165) is 4.90 Å². The Morgan fingerprint density at radius 3 is 2.44 bits per heavy atom. The molecule has 1 saturated heterocycles. The highest BCUT2D eigenvalue weighted by Gasteiger charge is 2.69. The van der Waals surface area contributed by atoms with Crippen molar-refractivity contribution in [1.29, 1.82) is 0 Å². The lowest BCUT2D eigenvalue weighted by molar-refractivity contribution is -0.123. The molecule has 0 radical (unpaired) electrons. The molecule has 2 aliphatic heterocycles. The van der Waals surface area contributed by atoms with E-state index >= 15 is 0 Å². The van der Waals surface area contributed by atoms with Crippen molar-refractivity contribution in [2.45, 2.75) is 11.4 Å². The van der Waals surface area contributed by atoms with Crippen LogP contribution in [0.3, 0.4) is 0 Å². The number of sulfone groups is 1. The molecule has 6 nitrogen and oxygen atoms in total. The number of benzene rings is 3. The Kier molecular flexibility index (Phi) is 4.61. The van der Waals surface area contributed by atoms with Crippen molar-refractivity contribution in [3.63, 3.8) is 0 Å². The lowest BCUT2D eigenvalue weighted by Crippen LogP contribution is -2.54. The number of para-hydroxylation sites is 1. The predicted molar refractivity (Wildman–Crippen MR) is 118 cm³/mol. The molecule has 0 bridgehead atoms. The van der Waals surface area contributed by atoms with Gasteiger partial charge in [0.1, 0.15) is 11.6 Å². The molecule has 2 amide bonds. The van der Waals surface area contributed by atoms with Gasteiger partial charge in [-0.25, -0.2) is 12.8 Å². The van der Waals surface area contributed by atoms with E-state index in [4.69, 9.17) is 11.6 Å². The van der Waals surface area contributed by atoms with Crippen LogP contribution in [0.15, 0.2) is 72.8 Å². The summed E-state index contributed by atoms with van der Waals surface area (Å²) in [5.41, 5.74) is 0.890. The van der Waals surface area contributed by atoms with Crippen LogP contribution in [0.4, 0.5) is 15.8 Å². The van der Waals surface area contributed by atoms with Gasteiger partial charge in [0, 0.05) is 21.8 Å². The molecular formula is C23H16ClFN2O4S. The third kappa shape index (κ3) is 2.73. The average Bonchev–Trinajstić information content (AvgIpc) is 3.12. The first-order valence-corrected chi connectivity index (χ1v) is 11.8. The number of amides is 2. The largest absolute Gasteiger partial charge is 0.304 e. The summed E-state index contributed by atoms with van der Waals surface area (Å²) in [6, 6.07) is 18.5. The zero-order chi connectivity index (χ0) is 22.7. The zero-order valence-electron chi connectivity index (χ0n) is 16.5. The first kappa shape index (κ1) is 20.7. The van der Waals surface area contributed by atoms with Crippen LogP contribution >= 0.6 is 11.6 Å². The molecule has 3 aromatic rings. The fourth-order valence-corrected chi connectivity index (χ4v) is 6.68. The summed E-state index contributed by atoms with van der Waals surface area (Å²) in [5, 5.41) is 0.289. The van der Waals surface area contributed by atoms with Gasteiger partial charge >= 0.3 is 0 Å². The van der Waals surface area contributed by atoms with E-state index in [9.17, 15) is 22.4 Å². The first-order valence-electron chi connectivity index (χ1n) is 9.73. The quantitative estimate of drug-likeness (QED) is 0.585. The molecule has 0 saturated carbocycles. The van der Waals surface area contributed by atoms with Gasteiger partial charge in [0.05, 0.1) is 12.2 Å². The number of fused-ring (bicyclic) bond motifs is 2. The summed E-state index contributed by atoms with van der Waals surface area (Å²) in [7, 11) is -4.30. The van der Waals surface area contributed by atoms with Gasteiger partial charge in [0.15, 0.2) is 9.84 Å². The van der Waals surface area contributed by atoms with Crippen molar-refractivity contribution in [1.82, 2.24) is 0 Å². The summed E-state index contributed by atoms with van der Waals surface area (Å²) < 4.78 is 41.4. The summed E-state index contributed by atoms with van der Waals surface area (Å²) >= 11 is 6.10. The second kappa shape index (κ2) is 7.15. The van der Waals surface area contributed by atoms with Gasteiger partial charge in [-0.3, -0.25) is 14.5 Å². The molecule has 0 unspecified atom stereocenters. The molecule has 1 spiro atoms. The Morgan fingerprint density at radius 1 is 0.969 bits per heavy atom. The van der Waals surface area contributed by atoms with Crippen molar-refractivity contribution in [2.75, 3.05) is 15.6 Å². The van der Waals surface area contributed by atoms with Gasteiger partial charge < -0.3 is 4.90 Å². The standard InChI is InChI=1S/C23H16ClFN2O4S/c24-16-7-5-8-17(12-16)27-21(28)14-32(30,31)23(27)18-9-2-4-11-20(18)26(22(23)29)13-15-6-1-3-10-19(15)25/h1-12H,13-14H2/t23-/m0/s1. The maximum atomic E-state index is 14.4. The Bertz CT molecular complexity index is 1390. The minimum atomic E-state index is -4.30. The highest BCUT2D eigenvalue weighted by atomic mass is 35.5. The molecule has 162 valence electrons. The van der Waals surface area contributed by atoms with E-state index in [0.29, 0.717) is 5.69 Å². The molecule has 1 fully saturated rings. The van der Waals surface area contributed by atoms with Gasteiger partial charge in [-0.2, -0.15) is 0 Å². The van der Waals surface area contributed by atoms with Crippen LogP contribution in [-0.2, 0) is 30.8 Å². The fraction of sp³-hybridized carbons (Fsp3) is 0.130. The van der Waals surface area contributed by atoms with E-state index in [2.05, 4.69) is 0 Å². The summed E-state index contributed by atoms with van der Waals surface area (Å²) in [6.07, 6.45) is 0. The van der Waals surface area contributed by atoms with Crippen LogP contribution in [0.2, 0.25) is 5.02 Å². The lowest BCUT2D eigenvalue weighted by atomic mass is 10.0. The molecular weight excluding hydrogens is 455 g/mol. The SMILES string of the molecule is O=C1CS(=O)(=O)[C@@]2(C(=O)N(Cc3ccccc3F)c3ccccc32)N1c1cccc(Cl)c1. The summed E-state index contributed by atoms with van der Waals surface area (Å²) in [4.78, 5) is 26.9. The molecule has 0 aromatic heterocycles. The highest BCUT2D eigenvalue weighted by molar-refractivity contribution is 7.94. The minimum Gasteiger partial charge on any atom is -0.304 e. The number of carbonyl (C=O) groups excluding carboxylic acids is 2. The van der Waals surface area contributed by atoms with Crippen LogP contribution in [0.5, 0.6) is 0 Å². The lowest BCUT2D eigenvalue weighted by Gasteiger charge is -2.32. The highest BCUT2D eigenvalue weighted by Crippen LogP contribution is 2.52. The Hall–Kier alpha value is -3.23. The molecule has 1 atom stereocenters. The van der Waals surface area contributed by atoms with Gasteiger partial charge in [-0.1, -0.05) is 54.1 Å². The van der Waals surface area contributed by atoms with Crippen LogP contribution < -0.4 is 9.80 Å². The van der Waals surface area contributed by atoms with Crippen molar-refractivity contribution in [2.24, 2.45) is 0 Å². The van der Waals surface area contributed by atoms with Gasteiger partial charge in [0.25, 0.3) is 10.8 Å². The topological polar surface area (TPSA) is 74.8 Å².